The number of hydrogen-bond donors (Lipinski definition) is 0. The van der Waals surface area contributed by atoms with E-state index in [0.29, 0.717) is 0 Å². The Kier molecular flexibility index (Phi) is 3.07. The minimum absolute atomic E-state index is 1.06. The number of aryl methyl sites for hydroxylation is 2. The molecule has 0 aromatic carbocycles. The molecule has 1 rings (SSSR count). The standard InChI is InChI=1S/C11H16N2/c1-5-6-7-10(3)13-11(4)8-9(2)12-13/h5-8H,1-4H3/b6-5-,10-7+. The normalized spacial score (nSPS) is 12.8. The molecule has 1 heterocycles. The van der Waals surface area contributed by atoms with Crippen LogP contribution in [-0.2, 0) is 0 Å². The van der Waals surface area contributed by atoms with Crippen molar-refractivity contribution in [2.24, 2.45) is 0 Å². The highest BCUT2D eigenvalue weighted by Gasteiger charge is 2.00. The molecule has 0 saturated heterocycles. The van der Waals surface area contributed by atoms with E-state index in [1.165, 1.54) is 5.69 Å². The predicted octanol–water partition coefficient (Wildman–Crippen LogP) is 2.94. The summed E-state index contributed by atoms with van der Waals surface area (Å²) in [5.41, 5.74) is 3.38. The summed E-state index contributed by atoms with van der Waals surface area (Å²) in [6.07, 6.45) is 6.08. The molecule has 0 aliphatic rings. The topological polar surface area (TPSA) is 17.8 Å². The molecule has 0 fully saturated rings. The summed E-state index contributed by atoms with van der Waals surface area (Å²) >= 11 is 0. The van der Waals surface area contributed by atoms with E-state index in [2.05, 4.69) is 31.1 Å². The summed E-state index contributed by atoms with van der Waals surface area (Å²) < 4.78 is 1.95. The summed E-state index contributed by atoms with van der Waals surface area (Å²) in [5, 5.41) is 4.38. The van der Waals surface area contributed by atoms with E-state index in [-0.39, 0.29) is 0 Å². The van der Waals surface area contributed by atoms with E-state index in [9.17, 15) is 0 Å². The molecule has 2 nitrogen and oxygen atoms in total. The van der Waals surface area contributed by atoms with E-state index in [4.69, 9.17) is 0 Å². The van der Waals surface area contributed by atoms with Crippen molar-refractivity contribution in [2.45, 2.75) is 27.7 Å². The van der Waals surface area contributed by atoms with Crippen molar-refractivity contribution >= 4 is 5.70 Å². The number of allylic oxidation sites excluding steroid dienone is 4. The molecule has 13 heavy (non-hydrogen) atoms. The fourth-order valence-corrected chi connectivity index (χ4v) is 1.29. The zero-order valence-corrected chi connectivity index (χ0v) is 8.70. The Balaban J connectivity index is 3.00. The molecular weight excluding hydrogens is 160 g/mol. The van der Waals surface area contributed by atoms with E-state index < -0.39 is 0 Å². The molecule has 0 N–H and O–H groups in total. The van der Waals surface area contributed by atoms with Crippen molar-refractivity contribution in [3.05, 3.63) is 35.7 Å². The van der Waals surface area contributed by atoms with Gasteiger partial charge in [0.15, 0.2) is 0 Å². The maximum Gasteiger partial charge on any atom is 0.0600 e. The van der Waals surface area contributed by atoms with Crippen LogP contribution >= 0.6 is 0 Å². The van der Waals surface area contributed by atoms with Crippen molar-refractivity contribution in [2.75, 3.05) is 0 Å². The highest BCUT2D eigenvalue weighted by atomic mass is 15.3. The second-order valence-electron chi connectivity index (χ2n) is 3.17. The number of nitrogens with zero attached hydrogens (tertiary/aromatic N) is 2. The molecule has 70 valence electrons. The number of aromatic nitrogens is 2. The first-order valence-electron chi connectivity index (χ1n) is 4.48. The van der Waals surface area contributed by atoms with Crippen LogP contribution in [0.2, 0.25) is 0 Å². The van der Waals surface area contributed by atoms with Crippen molar-refractivity contribution in [1.29, 1.82) is 0 Å². The van der Waals surface area contributed by atoms with Gasteiger partial charge in [-0.3, -0.25) is 0 Å². The van der Waals surface area contributed by atoms with Gasteiger partial charge in [-0.1, -0.05) is 12.2 Å². The molecule has 0 aliphatic heterocycles. The summed E-state index contributed by atoms with van der Waals surface area (Å²) in [7, 11) is 0. The predicted molar refractivity (Wildman–Crippen MR) is 56.5 cm³/mol. The molecular formula is C11H16N2. The number of hydrogen-bond acceptors (Lipinski definition) is 1. The fourth-order valence-electron chi connectivity index (χ4n) is 1.29. The third-order valence-corrected chi connectivity index (χ3v) is 1.87. The lowest BCUT2D eigenvalue weighted by atomic mass is 10.3. The molecule has 0 saturated carbocycles. The zero-order chi connectivity index (χ0) is 9.84. The molecule has 0 spiro atoms. The smallest absolute Gasteiger partial charge is 0.0600 e. The maximum absolute atomic E-state index is 4.38. The lowest BCUT2D eigenvalue weighted by molar-refractivity contribution is 0.847. The minimum atomic E-state index is 1.06. The maximum atomic E-state index is 4.38. The average molecular weight is 176 g/mol. The summed E-state index contributed by atoms with van der Waals surface area (Å²) in [4.78, 5) is 0. The molecule has 2 heteroatoms. The Hall–Kier alpha value is -1.31. The zero-order valence-electron chi connectivity index (χ0n) is 8.70. The Labute approximate surface area is 79.6 Å². The monoisotopic (exact) mass is 176 g/mol. The summed E-state index contributed by atoms with van der Waals surface area (Å²) in [6, 6.07) is 2.08. The van der Waals surface area contributed by atoms with Gasteiger partial charge in [-0.2, -0.15) is 5.10 Å². The van der Waals surface area contributed by atoms with Crippen molar-refractivity contribution < 1.29 is 0 Å². The second-order valence-corrected chi connectivity index (χ2v) is 3.17. The van der Waals surface area contributed by atoms with Gasteiger partial charge in [0.1, 0.15) is 0 Å². The van der Waals surface area contributed by atoms with Crippen LogP contribution in [0, 0.1) is 13.8 Å². The first kappa shape index (κ1) is 9.78. The highest BCUT2D eigenvalue weighted by Crippen LogP contribution is 2.08. The van der Waals surface area contributed by atoms with Crippen molar-refractivity contribution in [3.8, 4) is 0 Å². The average Bonchev–Trinajstić information content (AvgIpc) is 2.41. The molecule has 0 aliphatic carbocycles. The Morgan fingerprint density at radius 1 is 1.46 bits per heavy atom. The summed E-state index contributed by atoms with van der Waals surface area (Å²) in [5.74, 6) is 0. The van der Waals surface area contributed by atoms with Gasteiger partial charge >= 0.3 is 0 Å². The van der Waals surface area contributed by atoms with Crippen LogP contribution in [-0.4, -0.2) is 9.78 Å². The quantitative estimate of drug-likeness (QED) is 0.633. The Bertz CT molecular complexity index is 343. The molecule has 1 aromatic rings. The van der Waals surface area contributed by atoms with Gasteiger partial charge in [0.2, 0.25) is 0 Å². The van der Waals surface area contributed by atoms with Crippen LogP contribution in [0.25, 0.3) is 5.70 Å². The van der Waals surface area contributed by atoms with Gasteiger partial charge in [-0.25, -0.2) is 4.68 Å². The number of rotatable bonds is 2. The van der Waals surface area contributed by atoms with Crippen molar-refractivity contribution in [1.82, 2.24) is 9.78 Å². The van der Waals surface area contributed by atoms with Crippen LogP contribution in [0.4, 0.5) is 0 Å². The molecule has 0 amide bonds. The second kappa shape index (κ2) is 4.08. The first-order chi connectivity index (χ1) is 6.15. The largest absolute Gasteiger partial charge is 0.242 e. The molecule has 1 aromatic heterocycles. The molecule has 0 bridgehead atoms. The lowest BCUT2D eigenvalue weighted by Gasteiger charge is -2.02. The van der Waals surface area contributed by atoms with E-state index >= 15 is 0 Å². The van der Waals surface area contributed by atoms with Crippen LogP contribution in [0.1, 0.15) is 25.2 Å². The fraction of sp³-hybridized carbons (Fsp3) is 0.364. The van der Waals surface area contributed by atoms with Crippen LogP contribution in [0.3, 0.4) is 0 Å². The summed E-state index contributed by atoms with van der Waals surface area (Å²) in [6.45, 7) is 8.13. The van der Waals surface area contributed by atoms with Gasteiger partial charge in [-0.05, 0) is 39.8 Å². The first-order valence-corrected chi connectivity index (χ1v) is 4.48. The van der Waals surface area contributed by atoms with Gasteiger partial charge in [-0.15, -0.1) is 0 Å². The SMILES string of the molecule is C/C=C\C=C(/C)n1nc(C)cc1C. The van der Waals surface area contributed by atoms with E-state index in [1.54, 1.807) is 0 Å². The third-order valence-electron chi connectivity index (χ3n) is 1.87. The van der Waals surface area contributed by atoms with Crippen LogP contribution in [0.15, 0.2) is 24.3 Å². The Morgan fingerprint density at radius 3 is 2.62 bits per heavy atom. The van der Waals surface area contributed by atoms with Crippen LogP contribution in [0.5, 0.6) is 0 Å². The van der Waals surface area contributed by atoms with Gasteiger partial charge in [0.05, 0.1) is 5.69 Å². The molecule has 0 radical (unpaired) electrons. The van der Waals surface area contributed by atoms with Gasteiger partial charge < -0.3 is 0 Å². The van der Waals surface area contributed by atoms with Crippen LogP contribution < -0.4 is 0 Å². The minimum Gasteiger partial charge on any atom is -0.242 e. The lowest BCUT2D eigenvalue weighted by Crippen LogP contribution is -1.97. The van der Waals surface area contributed by atoms with Crippen molar-refractivity contribution in [3.63, 3.8) is 0 Å². The van der Waals surface area contributed by atoms with Gasteiger partial charge in [0.25, 0.3) is 0 Å². The van der Waals surface area contributed by atoms with E-state index in [0.717, 1.165) is 11.4 Å². The van der Waals surface area contributed by atoms with E-state index in [1.807, 2.05) is 30.7 Å². The molecule has 0 unspecified atom stereocenters. The molecule has 0 atom stereocenters. The highest BCUT2D eigenvalue weighted by molar-refractivity contribution is 5.45. The van der Waals surface area contributed by atoms with Gasteiger partial charge in [0, 0.05) is 11.4 Å². The third kappa shape index (κ3) is 2.31. The Morgan fingerprint density at radius 2 is 2.15 bits per heavy atom.